The van der Waals surface area contributed by atoms with E-state index >= 15 is 0 Å². The van der Waals surface area contributed by atoms with Gasteiger partial charge in [0.05, 0.1) is 6.42 Å². The van der Waals surface area contributed by atoms with Crippen molar-refractivity contribution in [1.29, 1.82) is 0 Å². The highest BCUT2D eigenvalue weighted by molar-refractivity contribution is 5.94. The third-order valence-corrected chi connectivity index (χ3v) is 3.90. The van der Waals surface area contributed by atoms with E-state index in [0.717, 1.165) is 31.5 Å². The summed E-state index contributed by atoms with van der Waals surface area (Å²) in [6.07, 6.45) is 2.60. The Morgan fingerprint density at radius 1 is 1.30 bits per heavy atom. The molecule has 1 unspecified atom stereocenters. The first-order chi connectivity index (χ1) is 9.60. The average Bonchev–Trinajstić information content (AvgIpc) is 2.47. The SMILES string of the molecule is CNC1CCCN(C(=O)Cc2ccc(C(C)=O)cc2)C1. The molecule has 2 rings (SSSR count). The van der Waals surface area contributed by atoms with Crippen LogP contribution in [0.25, 0.3) is 0 Å². The summed E-state index contributed by atoms with van der Waals surface area (Å²) in [5, 5.41) is 3.24. The molecule has 1 heterocycles. The number of likely N-dealkylation sites (N-methyl/N-ethyl adjacent to an activating group) is 1. The molecular formula is C16H22N2O2. The predicted molar refractivity (Wildman–Crippen MR) is 78.8 cm³/mol. The van der Waals surface area contributed by atoms with Gasteiger partial charge in [-0.1, -0.05) is 24.3 Å². The van der Waals surface area contributed by atoms with E-state index in [1.807, 2.05) is 24.1 Å². The van der Waals surface area contributed by atoms with Gasteiger partial charge in [0.2, 0.25) is 5.91 Å². The molecular weight excluding hydrogens is 252 g/mol. The van der Waals surface area contributed by atoms with Crippen LogP contribution in [-0.2, 0) is 11.2 Å². The number of nitrogens with one attached hydrogen (secondary N) is 1. The van der Waals surface area contributed by atoms with Crippen LogP contribution < -0.4 is 5.32 Å². The van der Waals surface area contributed by atoms with Gasteiger partial charge in [0.1, 0.15) is 0 Å². The molecule has 1 aliphatic heterocycles. The molecule has 1 saturated heterocycles. The zero-order valence-corrected chi connectivity index (χ0v) is 12.2. The normalized spacial score (nSPS) is 18.9. The van der Waals surface area contributed by atoms with E-state index in [-0.39, 0.29) is 11.7 Å². The van der Waals surface area contributed by atoms with Crippen molar-refractivity contribution in [3.8, 4) is 0 Å². The van der Waals surface area contributed by atoms with Crippen LogP contribution >= 0.6 is 0 Å². The molecule has 0 bridgehead atoms. The topological polar surface area (TPSA) is 49.4 Å². The van der Waals surface area contributed by atoms with E-state index in [2.05, 4.69) is 5.32 Å². The Balaban J connectivity index is 1.95. The monoisotopic (exact) mass is 274 g/mol. The van der Waals surface area contributed by atoms with Crippen molar-refractivity contribution in [2.75, 3.05) is 20.1 Å². The molecule has 0 aliphatic carbocycles. The molecule has 0 aromatic heterocycles. The number of amides is 1. The summed E-state index contributed by atoms with van der Waals surface area (Å²) in [6.45, 7) is 3.19. The highest BCUT2D eigenvalue weighted by Crippen LogP contribution is 2.13. The lowest BCUT2D eigenvalue weighted by Crippen LogP contribution is -2.47. The molecule has 0 radical (unpaired) electrons. The maximum absolute atomic E-state index is 12.3. The molecule has 0 spiro atoms. The number of carbonyl (C=O) groups is 2. The molecule has 108 valence electrons. The minimum Gasteiger partial charge on any atom is -0.341 e. The first-order valence-corrected chi connectivity index (χ1v) is 7.15. The number of hydrogen-bond acceptors (Lipinski definition) is 3. The Hall–Kier alpha value is -1.68. The molecule has 1 amide bonds. The number of ketones is 1. The maximum atomic E-state index is 12.3. The quantitative estimate of drug-likeness (QED) is 0.849. The maximum Gasteiger partial charge on any atom is 0.227 e. The number of rotatable bonds is 4. The molecule has 4 heteroatoms. The smallest absolute Gasteiger partial charge is 0.227 e. The van der Waals surface area contributed by atoms with E-state index in [1.165, 1.54) is 0 Å². The molecule has 4 nitrogen and oxygen atoms in total. The van der Waals surface area contributed by atoms with Crippen LogP contribution in [0, 0.1) is 0 Å². The lowest BCUT2D eigenvalue weighted by atomic mass is 10.0. The fraction of sp³-hybridized carbons (Fsp3) is 0.500. The summed E-state index contributed by atoms with van der Waals surface area (Å²) in [4.78, 5) is 25.4. The van der Waals surface area contributed by atoms with Gasteiger partial charge in [-0.15, -0.1) is 0 Å². The van der Waals surface area contributed by atoms with Crippen molar-refractivity contribution in [2.24, 2.45) is 0 Å². The van der Waals surface area contributed by atoms with Gasteiger partial charge >= 0.3 is 0 Å². The zero-order valence-electron chi connectivity index (χ0n) is 12.2. The summed E-state index contributed by atoms with van der Waals surface area (Å²) in [6, 6.07) is 7.73. The summed E-state index contributed by atoms with van der Waals surface area (Å²) in [5.74, 6) is 0.219. The van der Waals surface area contributed by atoms with Crippen molar-refractivity contribution in [1.82, 2.24) is 10.2 Å². The van der Waals surface area contributed by atoms with Crippen LogP contribution in [0.5, 0.6) is 0 Å². The fourth-order valence-corrected chi connectivity index (χ4v) is 2.58. The molecule has 0 saturated carbocycles. The molecule has 1 aromatic carbocycles. The van der Waals surface area contributed by atoms with Gasteiger partial charge in [-0.3, -0.25) is 9.59 Å². The number of benzene rings is 1. The van der Waals surface area contributed by atoms with Crippen molar-refractivity contribution >= 4 is 11.7 Å². The van der Waals surface area contributed by atoms with Crippen LogP contribution in [0.3, 0.4) is 0 Å². The highest BCUT2D eigenvalue weighted by atomic mass is 16.2. The first kappa shape index (κ1) is 14.7. The number of nitrogens with zero attached hydrogens (tertiary/aromatic N) is 1. The average molecular weight is 274 g/mol. The van der Waals surface area contributed by atoms with Crippen LogP contribution in [-0.4, -0.2) is 42.8 Å². The fourth-order valence-electron chi connectivity index (χ4n) is 2.58. The Labute approximate surface area is 120 Å². The minimum atomic E-state index is 0.0516. The van der Waals surface area contributed by atoms with Crippen LogP contribution in [0.1, 0.15) is 35.7 Å². The largest absolute Gasteiger partial charge is 0.341 e. The van der Waals surface area contributed by atoms with E-state index in [4.69, 9.17) is 0 Å². The third-order valence-electron chi connectivity index (χ3n) is 3.90. The summed E-state index contributed by atoms with van der Waals surface area (Å²) in [7, 11) is 1.94. The van der Waals surface area contributed by atoms with E-state index in [1.54, 1.807) is 19.1 Å². The van der Waals surface area contributed by atoms with Gasteiger partial charge in [0.25, 0.3) is 0 Å². The second-order valence-electron chi connectivity index (χ2n) is 5.40. The standard InChI is InChI=1S/C16H22N2O2/c1-12(19)14-7-5-13(6-8-14)10-16(20)18-9-3-4-15(11-18)17-2/h5-8,15,17H,3-4,9-11H2,1-2H3. The number of likely N-dealkylation sites (tertiary alicyclic amines) is 1. The van der Waals surface area contributed by atoms with Gasteiger partial charge in [-0.2, -0.15) is 0 Å². The Kier molecular flexibility index (Phi) is 4.90. The van der Waals surface area contributed by atoms with E-state index < -0.39 is 0 Å². The van der Waals surface area contributed by atoms with Crippen molar-refractivity contribution in [3.63, 3.8) is 0 Å². The van der Waals surface area contributed by atoms with Crippen LogP contribution in [0.15, 0.2) is 24.3 Å². The molecule has 1 atom stereocenters. The molecule has 1 aliphatic rings. The van der Waals surface area contributed by atoms with Crippen LogP contribution in [0.2, 0.25) is 0 Å². The second kappa shape index (κ2) is 6.66. The molecule has 1 fully saturated rings. The third kappa shape index (κ3) is 3.67. The Morgan fingerprint density at radius 3 is 2.60 bits per heavy atom. The van der Waals surface area contributed by atoms with Gasteiger partial charge in [0, 0.05) is 24.7 Å². The number of carbonyl (C=O) groups excluding carboxylic acids is 2. The minimum absolute atomic E-state index is 0.0516. The molecule has 20 heavy (non-hydrogen) atoms. The van der Waals surface area contributed by atoms with Crippen molar-refractivity contribution in [2.45, 2.75) is 32.2 Å². The predicted octanol–water partition coefficient (Wildman–Crippen LogP) is 1.64. The van der Waals surface area contributed by atoms with Crippen LogP contribution in [0.4, 0.5) is 0 Å². The van der Waals surface area contributed by atoms with Gasteiger partial charge < -0.3 is 10.2 Å². The number of Topliss-reactive ketones (excluding diaryl/α,β-unsaturated/α-hetero) is 1. The van der Waals surface area contributed by atoms with E-state index in [0.29, 0.717) is 18.0 Å². The van der Waals surface area contributed by atoms with Gasteiger partial charge in [0.15, 0.2) is 5.78 Å². The highest BCUT2D eigenvalue weighted by Gasteiger charge is 2.22. The Bertz CT molecular complexity index is 482. The van der Waals surface area contributed by atoms with E-state index in [9.17, 15) is 9.59 Å². The number of hydrogen-bond donors (Lipinski definition) is 1. The summed E-state index contributed by atoms with van der Waals surface area (Å²) >= 11 is 0. The summed E-state index contributed by atoms with van der Waals surface area (Å²) in [5.41, 5.74) is 1.65. The number of piperidine rings is 1. The molecule has 1 aromatic rings. The zero-order chi connectivity index (χ0) is 14.5. The second-order valence-corrected chi connectivity index (χ2v) is 5.40. The molecule has 1 N–H and O–H groups in total. The van der Waals surface area contributed by atoms with Crippen molar-refractivity contribution < 1.29 is 9.59 Å². The first-order valence-electron chi connectivity index (χ1n) is 7.15. The van der Waals surface area contributed by atoms with Gasteiger partial charge in [-0.25, -0.2) is 0 Å². The lowest BCUT2D eigenvalue weighted by Gasteiger charge is -2.32. The van der Waals surface area contributed by atoms with Gasteiger partial charge in [-0.05, 0) is 32.4 Å². The Morgan fingerprint density at radius 2 is 2.00 bits per heavy atom. The lowest BCUT2D eigenvalue weighted by molar-refractivity contribution is -0.131. The summed E-state index contributed by atoms with van der Waals surface area (Å²) < 4.78 is 0. The van der Waals surface area contributed by atoms with Crippen molar-refractivity contribution in [3.05, 3.63) is 35.4 Å².